The molecule has 206 valence electrons. The number of pyridine rings is 1. The Morgan fingerprint density at radius 3 is 2.32 bits per heavy atom. The Labute approximate surface area is 219 Å². The van der Waals surface area contributed by atoms with Crippen LogP contribution in [0, 0.1) is 5.92 Å². The van der Waals surface area contributed by atoms with Crippen molar-refractivity contribution in [2.24, 2.45) is 5.92 Å². The van der Waals surface area contributed by atoms with Crippen molar-refractivity contribution in [2.45, 2.75) is 58.6 Å². The maximum Gasteiger partial charge on any atom is 0.573 e. The molecule has 1 aliphatic heterocycles. The van der Waals surface area contributed by atoms with E-state index in [-0.39, 0.29) is 36.3 Å². The molecule has 2 heterocycles. The average Bonchev–Trinajstić information content (AvgIpc) is 2.97. The van der Waals surface area contributed by atoms with Gasteiger partial charge in [0, 0.05) is 31.4 Å². The SMILES string of the molecule is CC(C)C(CC(=O)Nc1cc(N2C(=O)N(Cc3ccncc3)C(C)(C)C2=O)ccc1OC(F)(F)F)N(C)C. The number of nitrogens with one attached hydrogen (secondary N) is 1. The highest BCUT2D eigenvalue weighted by Gasteiger charge is 2.52. The van der Waals surface area contributed by atoms with Crippen molar-refractivity contribution in [2.75, 3.05) is 24.3 Å². The van der Waals surface area contributed by atoms with E-state index in [0.717, 1.165) is 22.6 Å². The van der Waals surface area contributed by atoms with Crippen molar-refractivity contribution in [1.82, 2.24) is 14.8 Å². The Kier molecular flexibility index (Phi) is 8.35. The molecule has 0 saturated carbocycles. The third-order valence-electron chi connectivity index (χ3n) is 6.46. The van der Waals surface area contributed by atoms with Crippen LogP contribution in [0.25, 0.3) is 0 Å². The Morgan fingerprint density at radius 2 is 1.76 bits per heavy atom. The van der Waals surface area contributed by atoms with Crippen LogP contribution in [-0.4, -0.2) is 64.7 Å². The van der Waals surface area contributed by atoms with Crippen molar-refractivity contribution < 1.29 is 32.3 Å². The molecule has 1 saturated heterocycles. The number of ether oxygens (including phenoxy) is 1. The van der Waals surface area contributed by atoms with E-state index in [0.29, 0.717) is 0 Å². The molecule has 1 aromatic carbocycles. The minimum absolute atomic E-state index is 0.00291. The first-order valence-corrected chi connectivity index (χ1v) is 12.0. The number of carbonyl (C=O) groups excluding carboxylic acids is 3. The fraction of sp³-hybridized carbons (Fsp3) is 0.462. The van der Waals surface area contributed by atoms with Crippen LogP contribution in [0.5, 0.6) is 5.75 Å². The van der Waals surface area contributed by atoms with Crippen molar-refractivity contribution in [3.8, 4) is 5.75 Å². The van der Waals surface area contributed by atoms with E-state index in [9.17, 15) is 27.6 Å². The van der Waals surface area contributed by atoms with Gasteiger partial charge < -0.3 is 19.9 Å². The number of hydrogen-bond acceptors (Lipinski definition) is 6. The highest BCUT2D eigenvalue weighted by atomic mass is 19.4. The number of nitrogens with zero attached hydrogens (tertiary/aromatic N) is 4. The fourth-order valence-corrected chi connectivity index (χ4v) is 4.37. The molecule has 1 aliphatic rings. The van der Waals surface area contributed by atoms with E-state index in [4.69, 9.17) is 0 Å². The molecule has 3 rings (SSSR count). The van der Waals surface area contributed by atoms with Gasteiger partial charge >= 0.3 is 12.4 Å². The first kappa shape index (κ1) is 28.9. The molecule has 0 bridgehead atoms. The molecule has 1 fully saturated rings. The summed E-state index contributed by atoms with van der Waals surface area (Å²) >= 11 is 0. The van der Waals surface area contributed by atoms with E-state index in [1.54, 1.807) is 52.5 Å². The van der Waals surface area contributed by atoms with Crippen molar-refractivity contribution in [3.63, 3.8) is 0 Å². The van der Waals surface area contributed by atoms with Gasteiger partial charge in [-0.1, -0.05) is 13.8 Å². The minimum atomic E-state index is -5.02. The maximum atomic E-state index is 13.4. The summed E-state index contributed by atoms with van der Waals surface area (Å²) in [5.74, 6) is -1.67. The zero-order valence-electron chi connectivity index (χ0n) is 22.2. The van der Waals surface area contributed by atoms with Crippen molar-refractivity contribution in [1.29, 1.82) is 0 Å². The lowest BCUT2D eigenvalue weighted by atomic mass is 9.99. The molecular weight excluding hydrogens is 503 g/mol. The van der Waals surface area contributed by atoms with Crippen molar-refractivity contribution >= 4 is 29.2 Å². The molecule has 12 heteroatoms. The first-order valence-electron chi connectivity index (χ1n) is 12.0. The summed E-state index contributed by atoms with van der Waals surface area (Å²) in [5.41, 5.74) is -0.792. The average molecular weight is 536 g/mol. The van der Waals surface area contributed by atoms with Crippen LogP contribution in [0.15, 0.2) is 42.7 Å². The van der Waals surface area contributed by atoms with E-state index < -0.39 is 35.5 Å². The van der Waals surface area contributed by atoms with Gasteiger partial charge in [0.2, 0.25) is 5.91 Å². The predicted molar refractivity (Wildman–Crippen MR) is 135 cm³/mol. The molecule has 0 spiro atoms. The van der Waals surface area contributed by atoms with Gasteiger partial charge in [0.15, 0.2) is 5.75 Å². The zero-order chi connectivity index (χ0) is 28.4. The van der Waals surface area contributed by atoms with E-state index >= 15 is 0 Å². The summed E-state index contributed by atoms with van der Waals surface area (Å²) in [6, 6.07) is 5.90. The number of aromatic nitrogens is 1. The quantitative estimate of drug-likeness (QED) is 0.470. The van der Waals surface area contributed by atoms with Gasteiger partial charge in [0.1, 0.15) is 5.54 Å². The number of anilines is 2. The second kappa shape index (κ2) is 11.0. The molecule has 1 aromatic heterocycles. The van der Waals surface area contributed by atoms with E-state index in [1.165, 1.54) is 11.0 Å². The second-order valence-corrected chi connectivity index (χ2v) is 10.2. The standard InChI is InChI=1S/C26H32F3N5O4/c1-16(2)20(32(5)6)14-22(35)31-19-13-18(7-8-21(19)38-26(27,28)29)34-23(36)25(3,4)33(24(34)37)15-17-9-11-30-12-10-17/h7-13,16,20H,14-15H2,1-6H3,(H,31,35). The Hall–Kier alpha value is -3.67. The number of halogens is 3. The van der Waals surface area contributed by atoms with Gasteiger partial charge in [-0.25, -0.2) is 9.69 Å². The van der Waals surface area contributed by atoms with Gasteiger partial charge in [0.25, 0.3) is 5.91 Å². The number of imide groups is 1. The zero-order valence-corrected chi connectivity index (χ0v) is 22.2. The smallest absolute Gasteiger partial charge is 0.404 e. The number of carbonyl (C=O) groups is 3. The molecule has 4 amide bonds. The van der Waals surface area contributed by atoms with Crippen LogP contribution in [0.3, 0.4) is 0 Å². The minimum Gasteiger partial charge on any atom is -0.404 e. The lowest BCUT2D eigenvalue weighted by Crippen LogP contribution is -2.43. The van der Waals surface area contributed by atoms with Crippen LogP contribution in [0.1, 0.15) is 39.7 Å². The normalized spacial score (nSPS) is 16.4. The fourth-order valence-electron chi connectivity index (χ4n) is 4.37. The summed E-state index contributed by atoms with van der Waals surface area (Å²) in [6.07, 6.45) is -1.88. The Balaban J connectivity index is 1.95. The van der Waals surface area contributed by atoms with Crippen LogP contribution < -0.4 is 15.0 Å². The van der Waals surface area contributed by atoms with Gasteiger partial charge in [-0.3, -0.25) is 14.6 Å². The third kappa shape index (κ3) is 6.42. The van der Waals surface area contributed by atoms with Crippen molar-refractivity contribution in [3.05, 3.63) is 48.3 Å². The molecule has 1 unspecified atom stereocenters. The Morgan fingerprint density at radius 1 is 1.13 bits per heavy atom. The van der Waals surface area contributed by atoms with Crippen LogP contribution in [-0.2, 0) is 16.1 Å². The Bertz CT molecular complexity index is 1180. The van der Waals surface area contributed by atoms with Gasteiger partial charge in [-0.15, -0.1) is 13.2 Å². The highest BCUT2D eigenvalue weighted by molar-refractivity contribution is 6.23. The lowest BCUT2D eigenvalue weighted by Gasteiger charge is -2.27. The molecule has 1 atom stereocenters. The summed E-state index contributed by atoms with van der Waals surface area (Å²) < 4.78 is 43.4. The van der Waals surface area contributed by atoms with E-state index in [2.05, 4.69) is 15.0 Å². The number of hydrogen-bond donors (Lipinski definition) is 1. The van der Waals surface area contributed by atoms with Crippen LogP contribution in [0.2, 0.25) is 0 Å². The third-order valence-corrected chi connectivity index (χ3v) is 6.46. The molecule has 1 N–H and O–H groups in total. The second-order valence-electron chi connectivity index (χ2n) is 10.2. The number of urea groups is 1. The van der Waals surface area contributed by atoms with Crippen LogP contribution in [0.4, 0.5) is 29.3 Å². The van der Waals surface area contributed by atoms with Gasteiger partial charge in [-0.05, 0) is 69.8 Å². The topological polar surface area (TPSA) is 95.1 Å². The monoisotopic (exact) mass is 535 g/mol. The molecule has 9 nitrogen and oxygen atoms in total. The number of amides is 4. The largest absolute Gasteiger partial charge is 0.573 e. The highest BCUT2D eigenvalue weighted by Crippen LogP contribution is 2.38. The summed E-state index contributed by atoms with van der Waals surface area (Å²) in [5, 5.41) is 2.48. The number of benzene rings is 1. The molecule has 0 radical (unpaired) electrons. The van der Waals surface area contributed by atoms with Gasteiger partial charge in [0.05, 0.1) is 11.4 Å². The maximum absolute atomic E-state index is 13.4. The number of alkyl halides is 3. The lowest BCUT2D eigenvalue weighted by molar-refractivity contribution is -0.274. The summed E-state index contributed by atoms with van der Waals surface area (Å²) in [7, 11) is 3.61. The number of rotatable bonds is 9. The molecule has 38 heavy (non-hydrogen) atoms. The first-order chi connectivity index (χ1) is 17.6. The summed E-state index contributed by atoms with van der Waals surface area (Å²) in [4.78, 5) is 47.6. The predicted octanol–water partition coefficient (Wildman–Crippen LogP) is 4.64. The molecular formula is C26H32F3N5O4. The summed E-state index contributed by atoms with van der Waals surface area (Å²) in [6.45, 7) is 7.16. The van der Waals surface area contributed by atoms with Gasteiger partial charge in [-0.2, -0.15) is 0 Å². The molecule has 0 aliphatic carbocycles. The molecule has 2 aromatic rings. The van der Waals surface area contributed by atoms with E-state index in [1.807, 2.05) is 18.7 Å². The van der Waals surface area contributed by atoms with Crippen LogP contribution >= 0.6 is 0 Å².